The van der Waals surface area contributed by atoms with Gasteiger partial charge < -0.3 is 5.32 Å². The SMILES string of the molecule is CCNC(=O)C(=O)N/N=C\c1ccccc1Cl. The molecule has 0 fully saturated rings. The van der Waals surface area contributed by atoms with Gasteiger partial charge in [-0.15, -0.1) is 0 Å². The fourth-order valence-electron chi connectivity index (χ4n) is 1.03. The molecule has 17 heavy (non-hydrogen) atoms. The summed E-state index contributed by atoms with van der Waals surface area (Å²) in [7, 11) is 0. The highest BCUT2D eigenvalue weighted by Gasteiger charge is 2.10. The van der Waals surface area contributed by atoms with Crippen LogP contribution in [0.3, 0.4) is 0 Å². The molecule has 5 nitrogen and oxygen atoms in total. The molecule has 0 unspecified atom stereocenters. The van der Waals surface area contributed by atoms with Gasteiger partial charge >= 0.3 is 11.8 Å². The zero-order valence-electron chi connectivity index (χ0n) is 9.24. The lowest BCUT2D eigenvalue weighted by molar-refractivity contribution is -0.139. The summed E-state index contributed by atoms with van der Waals surface area (Å²) in [5.41, 5.74) is 2.76. The van der Waals surface area contributed by atoms with E-state index in [0.29, 0.717) is 17.1 Å². The van der Waals surface area contributed by atoms with Crippen molar-refractivity contribution in [2.24, 2.45) is 5.10 Å². The monoisotopic (exact) mass is 253 g/mol. The first-order chi connectivity index (χ1) is 8.15. The van der Waals surface area contributed by atoms with Gasteiger partial charge in [0.05, 0.1) is 6.21 Å². The first kappa shape index (κ1) is 13.2. The van der Waals surface area contributed by atoms with Gasteiger partial charge in [0.2, 0.25) is 0 Å². The molecule has 0 saturated heterocycles. The molecule has 0 saturated carbocycles. The van der Waals surface area contributed by atoms with Crippen LogP contribution in [0, 0.1) is 0 Å². The molecule has 0 heterocycles. The predicted molar refractivity (Wildman–Crippen MR) is 65.9 cm³/mol. The van der Waals surface area contributed by atoms with Crippen LogP contribution in [0.1, 0.15) is 12.5 Å². The van der Waals surface area contributed by atoms with Crippen molar-refractivity contribution in [3.8, 4) is 0 Å². The lowest BCUT2D eigenvalue weighted by Gasteiger charge is -2.00. The number of rotatable bonds is 3. The summed E-state index contributed by atoms with van der Waals surface area (Å²) >= 11 is 5.87. The molecule has 0 aliphatic carbocycles. The normalized spacial score (nSPS) is 10.2. The van der Waals surface area contributed by atoms with Crippen LogP contribution >= 0.6 is 11.6 Å². The summed E-state index contributed by atoms with van der Waals surface area (Å²) in [6.45, 7) is 2.11. The van der Waals surface area contributed by atoms with Gasteiger partial charge in [-0.2, -0.15) is 5.10 Å². The van der Waals surface area contributed by atoms with Crippen LogP contribution in [0.15, 0.2) is 29.4 Å². The highest BCUT2D eigenvalue weighted by molar-refractivity contribution is 6.35. The standard InChI is InChI=1S/C11H12ClN3O2/c1-2-13-10(16)11(17)15-14-7-8-5-3-4-6-9(8)12/h3-7H,2H2,1H3,(H,13,16)(H,15,17)/b14-7-. The number of hydrazone groups is 1. The lowest BCUT2D eigenvalue weighted by Crippen LogP contribution is -2.37. The van der Waals surface area contributed by atoms with E-state index in [-0.39, 0.29) is 0 Å². The maximum atomic E-state index is 11.1. The number of halogens is 1. The molecule has 0 aliphatic rings. The largest absolute Gasteiger partial charge is 0.348 e. The third kappa shape index (κ3) is 4.24. The topological polar surface area (TPSA) is 70.6 Å². The Morgan fingerprint density at radius 1 is 1.35 bits per heavy atom. The Labute approximate surface area is 104 Å². The van der Waals surface area contributed by atoms with Crippen molar-refractivity contribution in [3.63, 3.8) is 0 Å². The Kier molecular flexibility index (Phi) is 5.16. The third-order valence-electron chi connectivity index (χ3n) is 1.82. The van der Waals surface area contributed by atoms with Gasteiger partial charge in [-0.3, -0.25) is 9.59 Å². The van der Waals surface area contributed by atoms with Gasteiger partial charge in [-0.05, 0) is 13.0 Å². The lowest BCUT2D eigenvalue weighted by atomic mass is 10.2. The molecule has 1 rings (SSSR count). The second kappa shape index (κ2) is 6.65. The molecule has 0 spiro atoms. The molecule has 90 valence electrons. The third-order valence-corrected chi connectivity index (χ3v) is 2.16. The van der Waals surface area contributed by atoms with E-state index in [1.54, 1.807) is 31.2 Å². The average molecular weight is 254 g/mol. The number of carbonyl (C=O) groups excluding carboxylic acids is 2. The van der Waals surface area contributed by atoms with E-state index in [4.69, 9.17) is 11.6 Å². The van der Waals surface area contributed by atoms with E-state index in [9.17, 15) is 9.59 Å². The molecule has 6 heteroatoms. The highest BCUT2D eigenvalue weighted by atomic mass is 35.5. The van der Waals surface area contributed by atoms with Crippen molar-refractivity contribution in [1.82, 2.24) is 10.7 Å². The predicted octanol–water partition coefficient (Wildman–Crippen LogP) is 0.926. The van der Waals surface area contributed by atoms with E-state index in [1.807, 2.05) is 0 Å². The number of hydrogen-bond donors (Lipinski definition) is 2. The maximum absolute atomic E-state index is 11.1. The highest BCUT2D eigenvalue weighted by Crippen LogP contribution is 2.11. The van der Waals surface area contributed by atoms with Gasteiger partial charge in [0.1, 0.15) is 0 Å². The molecule has 0 aliphatic heterocycles. The fourth-order valence-corrected chi connectivity index (χ4v) is 1.22. The summed E-state index contributed by atoms with van der Waals surface area (Å²) in [4.78, 5) is 22.2. The number of carbonyl (C=O) groups is 2. The Bertz CT molecular complexity index is 446. The molecule has 0 aromatic heterocycles. The molecule has 0 radical (unpaired) electrons. The first-order valence-corrected chi connectivity index (χ1v) is 5.38. The average Bonchev–Trinajstić information content (AvgIpc) is 2.31. The second-order valence-electron chi connectivity index (χ2n) is 3.08. The van der Waals surface area contributed by atoms with Crippen LogP contribution in [0.5, 0.6) is 0 Å². The van der Waals surface area contributed by atoms with E-state index < -0.39 is 11.8 Å². The van der Waals surface area contributed by atoms with Crippen molar-refractivity contribution in [3.05, 3.63) is 34.9 Å². The molecular formula is C11H12ClN3O2. The van der Waals surface area contributed by atoms with E-state index in [0.717, 1.165) is 0 Å². The van der Waals surface area contributed by atoms with Gasteiger partial charge in [-0.25, -0.2) is 5.43 Å². The summed E-state index contributed by atoms with van der Waals surface area (Å²) in [5.74, 6) is -1.53. The molecule has 2 N–H and O–H groups in total. The summed E-state index contributed by atoms with van der Waals surface area (Å²) in [6.07, 6.45) is 1.37. The van der Waals surface area contributed by atoms with Crippen LogP contribution in [-0.4, -0.2) is 24.6 Å². The van der Waals surface area contributed by atoms with E-state index in [2.05, 4.69) is 15.8 Å². The minimum atomic E-state index is -0.810. The summed E-state index contributed by atoms with van der Waals surface area (Å²) in [6, 6.07) is 7.02. The molecule has 2 amide bonds. The molecule has 1 aromatic rings. The summed E-state index contributed by atoms with van der Waals surface area (Å²) < 4.78 is 0. The van der Waals surface area contributed by atoms with Crippen molar-refractivity contribution >= 4 is 29.6 Å². The summed E-state index contributed by atoms with van der Waals surface area (Å²) in [5, 5.41) is 6.51. The van der Waals surface area contributed by atoms with Crippen LogP contribution in [0.25, 0.3) is 0 Å². The number of amides is 2. The molecular weight excluding hydrogens is 242 g/mol. The van der Waals surface area contributed by atoms with Crippen molar-refractivity contribution < 1.29 is 9.59 Å². The van der Waals surface area contributed by atoms with Crippen LogP contribution in [0.2, 0.25) is 5.02 Å². The molecule has 0 atom stereocenters. The minimum absolute atomic E-state index is 0.389. The quantitative estimate of drug-likeness (QED) is 0.478. The first-order valence-electron chi connectivity index (χ1n) is 5.01. The van der Waals surface area contributed by atoms with Gasteiger partial charge in [0.25, 0.3) is 0 Å². The van der Waals surface area contributed by atoms with Crippen LogP contribution in [0.4, 0.5) is 0 Å². The Hall–Kier alpha value is -1.88. The van der Waals surface area contributed by atoms with Gasteiger partial charge in [0.15, 0.2) is 0 Å². The van der Waals surface area contributed by atoms with Crippen LogP contribution < -0.4 is 10.7 Å². The number of hydrogen-bond acceptors (Lipinski definition) is 3. The number of likely N-dealkylation sites (N-methyl/N-ethyl adjacent to an activating group) is 1. The minimum Gasteiger partial charge on any atom is -0.348 e. The molecule has 1 aromatic carbocycles. The van der Waals surface area contributed by atoms with Crippen molar-refractivity contribution in [2.45, 2.75) is 6.92 Å². The Balaban J connectivity index is 2.54. The zero-order valence-corrected chi connectivity index (χ0v) is 9.99. The smallest absolute Gasteiger partial charge is 0.329 e. The van der Waals surface area contributed by atoms with Gasteiger partial charge in [0, 0.05) is 17.1 Å². The maximum Gasteiger partial charge on any atom is 0.329 e. The van der Waals surface area contributed by atoms with Crippen molar-refractivity contribution in [2.75, 3.05) is 6.54 Å². The Morgan fingerprint density at radius 3 is 2.71 bits per heavy atom. The second-order valence-corrected chi connectivity index (χ2v) is 3.49. The van der Waals surface area contributed by atoms with Crippen molar-refractivity contribution in [1.29, 1.82) is 0 Å². The van der Waals surface area contributed by atoms with E-state index in [1.165, 1.54) is 6.21 Å². The van der Waals surface area contributed by atoms with Gasteiger partial charge in [-0.1, -0.05) is 29.8 Å². The fraction of sp³-hybridized carbons (Fsp3) is 0.182. The number of nitrogens with one attached hydrogen (secondary N) is 2. The number of nitrogens with zero attached hydrogens (tertiary/aromatic N) is 1. The zero-order chi connectivity index (χ0) is 12.7. The van der Waals surface area contributed by atoms with Crippen LogP contribution in [-0.2, 0) is 9.59 Å². The van der Waals surface area contributed by atoms with E-state index >= 15 is 0 Å². The Morgan fingerprint density at radius 2 is 2.06 bits per heavy atom. The number of benzene rings is 1. The molecule has 0 bridgehead atoms.